The van der Waals surface area contributed by atoms with E-state index in [0.29, 0.717) is 72.1 Å². The molecule has 0 fully saturated rings. The van der Waals surface area contributed by atoms with Crippen LogP contribution in [0.4, 0.5) is 0 Å². The first-order valence-electron chi connectivity index (χ1n) is 30.7. The Labute approximate surface area is 477 Å². The van der Waals surface area contributed by atoms with Gasteiger partial charge >= 0.3 is 0 Å². The topological polar surface area (TPSA) is 393 Å². The summed E-state index contributed by atoms with van der Waals surface area (Å²) in [5.41, 5.74) is 71.7. The fourth-order valence-electron chi connectivity index (χ4n) is 9.59. The third-order valence-electron chi connectivity index (χ3n) is 14.4. The monoisotopic (exact) mass is 1120 g/mol. The van der Waals surface area contributed by atoms with Gasteiger partial charge in [-0.05, 0) is 25.9 Å². The first-order valence-corrected chi connectivity index (χ1v) is 30.7. The highest BCUT2D eigenvalue weighted by Gasteiger charge is 2.16. The summed E-state index contributed by atoms with van der Waals surface area (Å²) in [7, 11) is 0. The lowest BCUT2D eigenvalue weighted by molar-refractivity contribution is 0.155. The first-order chi connectivity index (χ1) is 38.2. The molecule has 470 valence electrons. The molecule has 0 atom stereocenters. The predicted octanol–water partition coefficient (Wildman–Crippen LogP) is -9.00. The molecule has 0 aromatic heterocycles. The van der Waals surface area contributed by atoms with Gasteiger partial charge in [-0.25, -0.2) is 0 Å². The molecule has 0 rings (SSSR count). The van der Waals surface area contributed by atoms with Crippen molar-refractivity contribution in [2.75, 3.05) is 321 Å². The van der Waals surface area contributed by atoms with Crippen molar-refractivity contribution in [3.05, 3.63) is 0 Å². The lowest BCUT2D eigenvalue weighted by Gasteiger charge is -2.32. The lowest BCUT2D eigenvalue weighted by atomic mass is 10.2. The second-order valence-electron chi connectivity index (χ2n) is 20.6. The maximum Gasteiger partial charge on any atom is 0.0456 e. The van der Waals surface area contributed by atoms with Crippen molar-refractivity contribution in [2.45, 2.75) is 19.3 Å². The molecule has 0 aliphatic rings. The first kappa shape index (κ1) is 77.0. The van der Waals surface area contributed by atoms with E-state index in [1.807, 2.05) is 0 Å². The maximum absolute atomic E-state index is 6.19. The van der Waals surface area contributed by atoms with Crippen LogP contribution in [-0.4, -0.2) is 370 Å². The van der Waals surface area contributed by atoms with Gasteiger partial charge in [-0.1, -0.05) is 6.42 Å². The van der Waals surface area contributed by atoms with Crippen LogP contribution in [-0.2, 0) is 0 Å². The molecule has 0 unspecified atom stereocenters. The Hall–Kier alpha value is -1.04. The van der Waals surface area contributed by atoms with E-state index in [0.717, 1.165) is 268 Å². The average molecular weight is 1120 g/mol. The molecule has 0 spiro atoms. The molecular formula is C52H132N26. The van der Waals surface area contributed by atoms with Crippen molar-refractivity contribution in [2.24, 2.45) is 68.8 Å². The minimum atomic E-state index is 0.534. The molecule has 0 aromatic carbocycles. The van der Waals surface area contributed by atoms with Gasteiger partial charge in [0.25, 0.3) is 0 Å². The Kier molecular flexibility index (Phi) is 58.3. The largest absolute Gasteiger partial charge is 0.330 e. The molecule has 78 heavy (non-hydrogen) atoms. The Morgan fingerprint density at radius 2 is 0.346 bits per heavy atom. The minimum absolute atomic E-state index is 0.534. The molecule has 0 aromatic rings. The van der Waals surface area contributed by atoms with Crippen molar-refractivity contribution in [3.8, 4) is 0 Å². The fraction of sp³-hybridized carbons (Fsp3) is 1.00. The third kappa shape index (κ3) is 46.4. The second kappa shape index (κ2) is 59.1. The van der Waals surface area contributed by atoms with Crippen molar-refractivity contribution >= 4 is 0 Å². The molecule has 26 nitrogen and oxygen atoms in total. The van der Waals surface area contributed by atoms with Crippen LogP contribution in [0.25, 0.3) is 0 Å². The van der Waals surface area contributed by atoms with Gasteiger partial charge in [-0.15, -0.1) is 0 Å². The number of nitrogens with two attached hydrogens (primary N) is 12. The number of hydrogen-bond acceptors (Lipinski definition) is 26. The Morgan fingerprint density at radius 1 is 0.154 bits per heavy atom. The number of nitrogens with zero attached hydrogens (tertiary/aromatic N) is 10. The maximum atomic E-state index is 6.19. The van der Waals surface area contributed by atoms with Gasteiger partial charge < -0.3 is 95.0 Å². The quantitative estimate of drug-likeness (QED) is 0.0199. The number of unbranched alkanes of at least 4 members (excludes halogenated alkanes) is 2. The Balaban J connectivity index is 4.81. The highest BCUT2D eigenvalue weighted by molar-refractivity contribution is 4.74. The summed E-state index contributed by atoms with van der Waals surface area (Å²) in [6.45, 7) is 42.0. The van der Waals surface area contributed by atoms with E-state index in [-0.39, 0.29) is 0 Å². The molecule has 0 aliphatic carbocycles. The van der Waals surface area contributed by atoms with E-state index in [9.17, 15) is 0 Å². The zero-order valence-corrected chi connectivity index (χ0v) is 50.2. The minimum Gasteiger partial charge on any atom is -0.330 e. The van der Waals surface area contributed by atoms with E-state index in [4.69, 9.17) is 68.8 Å². The van der Waals surface area contributed by atoms with Crippen LogP contribution in [0.3, 0.4) is 0 Å². The molecule has 0 heterocycles. The zero-order chi connectivity index (χ0) is 57.4. The van der Waals surface area contributed by atoms with Gasteiger partial charge in [0, 0.05) is 308 Å². The molecule has 0 saturated heterocycles. The van der Waals surface area contributed by atoms with Crippen LogP contribution in [0.2, 0.25) is 0 Å². The van der Waals surface area contributed by atoms with Crippen molar-refractivity contribution in [1.29, 1.82) is 0 Å². The van der Waals surface area contributed by atoms with Gasteiger partial charge in [0.2, 0.25) is 0 Å². The van der Waals surface area contributed by atoms with E-state index < -0.39 is 0 Å². The van der Waals surface area contributed by atoms with Gasteiger partial charge in [0.15, 0.2) is 0 Å². The molecule has 0 radical (unpaired) electrons. The van der Waals surface area contributed by atoms with E-state index in [1.54, 1.807) is 0 Å². The van der Waals surface area contributed by atoms with Crippen LogP contribution in [0, 0.1) is 0 Å². The van der Waals surface area contributed by atoms with Crippen molar-refractivity contribution < 1.29 is 0 Å². The summed E-state index contributed by atoms with van der Waals surface area (Å²) in [6.07, 6.45) is 3.37. The summed E-state index contributed by atoms with van der Waals surface area (Å²) in [5, 5.41) is 14.5. The van der Waals surface area contributed by atoms with Gasteiger partial charge in [0.1, 0.15) is 0 Å². The molecule has 28 N–H and O–H groups in total. The zero-order valence-electron chi connectivity index (χ0n) is 50.2. The normalized spacial score (nSPS) is 12.5. The molecular weight excluding hydrogens is 989 g/mol. The van der Waals surface area contributed by atoms with Crippen LogP contribution >= 0.6 is 0 Å². The van der Waals surface area contributed by atoms with Crippen molar-refractivity contribution in [3.63, 3.8) is 0 Å². The van der Waals surface area contributed by atoms with Crippen LogP contribution in [0.1, 0.15) is 19.3 Å². The molecule has 0 amide bonds. The standard InChI is InChI=1S/C52H132N26/c53-4-2-1-3-23-69(40-43-73(29-10-59)36-19-67-18-34-70(24-5-54)25-6-55)41-46-75(31-12-61)50-51-77(33-14-63)49-45-74(30-11-60)37-20-68-22-39-78(52-64)38-21-66-16-15-65-17-35-72(28-9-58)44-48-76(32-13-62)47-42-71(26-7-56)27-8-57/h65-68H,1-64H2. The Bertz CT molecular complexity index is 1160. The highest BCUT2D eigenvalue weighted by atomic mass is 15.3. The van der Waals surface area contributed by atoms with E-state index in [1.165, 1.54) is 0 Å². The summed E-state index contributed by atoms with van der Waals surface area (Å²) in [5.74, 6) is 0. The van der Waals surface area contributed by atoms with Gasteiger partial charge in [-0.3, -0.25) is 44.1 Å². The number of rotatable bonds is 65. The molecule has 26 heteroatoms. The van der Waals surface area contributed by atoms with Gasteiger partial charge in [0.05, 0.1) is 0 Å². The summed E-state index contributed by atoms with van der Waals surface area (Å²) < 4.78 is 0. The smallest absolute Gasteiger partial charge is 0.0456 e. The molecule has 0 saturated carbocycles. The average Bonchev–Trinajstić information content (AvgIpc) is 3.43. The van der Waals surface area contributed by atoms with E-state index in [2.05, 4.69) is 70.3 Å². The third-order valence-corrected chi connectivity index (χ3v) is 14.4. The fourth-order valence-corrected chi connectivity index (χ4v) is 9.59. The lowest BCUT2D eigenvalue weighted by Crippen LogP contribution is -2.47. The molecule has 0 bridgehead atoms. The SMILES string of the molecule is NCCCCCN(CCN(CCN)CCNCCN(CCN)CCN)CCN(CCN)CCN(CCN)CCN(CCN)CCNCCN(CN)CCNCCNCCN(CCN)CCN(CCN)CCN(CCN)CCN. The van der Waals surface area contributed by atoms with Gasteiger partial charge in [-0.2, -0.15) is 0 Å². The highest BCUT2D eigenvalue weighted by Crippen LogP contribution is 2.03. The number of hydrogen-bond donors (Lipinski definition) is 16. The molecule has 0 aliphatic heterocycles. The van der Waals surface area contributed by atoms with Crippen LogP contribution in [0.15, 0.2) is 0 Å². The second-order valence-corrected chi connectivity index (χ2v) is 20.6. The predicted molar refractivity (Wildman–Crippen MR) is 334 cm³/mol. The number of nitrogens with one attached hydrogen (secondary N) is 4. The van der Waals surface area contributed by atoms with Crippen LogP contribution < -0.4 is 90.1 Å². The Morgan fingerprint density at radius 3 is 0.577 bits per heavy atom. The van der Waals surface area contributed by atoms with E-state index >= 15 is 0 Å². The van der Waals surface area contributed by atoms with Crippen molar-refractivity contribution in [1.82, 2.24) is 70.3 Å². The van der Waals surface area contributed by atoms with Crippen LogP contribution in [0.5, 0.6) is 0 Å². The summed E-state index contributed by atoms with van der Waals surface area (Å²) >= 11 is 0. The summed E-state index contributed by atoms with van der Waals surface area (Å²) in [4.78, 5) is 24.5. The summed E-state index contributed by atoms with van der Waals surface area (Å²) in [6, 6.07) is 0.